The first kappa shape index (κ1) is 76.5. The number of rotatable bonds is 30. The van der Waals surface area contributed by atoms with Gasteiger partial charge in [0.05, 0.1) is 91.5 Å². The monoisotopic (exact) mass is 1550 g/mol. The number of nitrogens with zero attached hydrogens (tertiary/aromatic N) is 12. The van der Waals surface area contributed by atoms with E-state index in [2.05, 4.69) is 35.8 Å². The highest BCUT2D eigenvalue weighted by molar-refractivity contribution is 7.89. The Kier molecular flexibility index (Phi) is 23.8. The van der Waals surface area contributed by atoms with Crippen LogP contribution in [0.15, 0.2) is 216 Å². The molecule has 14 aromatic rings. The summed E-state index contributed by atoms with van der Waals surface area (Å²) >= 11 is 2.68. The van der Waals surface area contributed by atoms with E-state index in [1.54, 1.807) is 108 Å². The summed E-state index contributed by atoms with van der Waals surface area (Å²) < 4.78 is 101. The highest BCUT2D eigenvalue weighted by Gasteiger charge is 2.37. The van der Waals surface area contributed by atoms with Crippen LogP contribution in [0.2, 0.25) is 0 Å². The second-order valence-electron chi connectivity index (χ2n) is 25.2. The van der Waals surface area contributed by atoms with Crippen molar-refractivity contribution in [3.63, 3.8) is 0 Å². The number of ether oxygens (including phenoxy) is 6. The molecule has 0 radical (unpaired) electrons. The van der Waals surface area contributed by atoms with Gasteiger partial charge >= 0.3 is 0 Å². The highest BCUT2D eigenvalue weighted by atomic mass is 32.2. The lowest BCUT2D eigenvalue weighted by molar-refractivity contribution is 0.298. The fourth-order valence-electron chi connectivity index (χ4n) is 12.9. The maximum Gasteiger partial charge on any atom is 0.244 e. The van der Waals surface area contributed by atoms with E-state index in [-0.39, 0.29) is 97.9 Å². The minimum atomic E-state index is -4.42. The zero-order chi connectivity index (χ0) is 77.1. The van der Waals surface area contributed by atoms with Crippen LogP contribution in [0.3, 0.4) is 0 Å². The third-order valence-electron chi connectivity index (χ3n) is 18.4. The van der Waals surface area contributed by atoms with Crippen molar-refractivity contribution in [2.24, 2.45) is 0 Å². The SMILES string of the molecule is COc1ccc(CN(Cc2ccc(OC)cc2)S(=O)(=O)c2c(CCO)ccc(-c3cccc4sc(N)nc34)c2-c2nnn(Cc3ccc(OC)cc3)n2)cc1.COc1ccc(CN(Cc2ccc(OC)cc2)S(=O)(=O)c2c(CCO)ccc(-c3cccc4sc(N)nc34)c2-c2nnnn2Cc2ccc(OC)cc2)cc1. The van der Waals surface area contributed by atoms with Gasteiger partial charge in [-0.1, -0.05) is 144 Å². The van der Waals surface area contributed by atoms with E-state index in [4.69, 9.17) is 45.0 Å². The number of fused-ring (bicyclic) bond motifs is 2. The van der Waals surface area contributed by atoms with Crippen molar-refractivity contribution >= 4 is 73.4 Å². The Labute approximate surface area is 643 Å². The molecule has 0 atom stereocenters. The first-order chi connectivity index (χ1) is 53.4. The molecule has 0 aliphatic rings. The number of para-hydroxylation sites is 2. The molecule has 14 rings (SSSR count). The maximum atomic E-state index is 15.7. The van der Waals surface area contributed by atoms with Crippen LogP contribution >= 0.6 is 22.7 Å². The number of aliphatic hydroxyl groups is 2. The molecule has 30 heteroatoms. The Balaban J connectivity index is 0.000000193. The van der Waals surface area contributed by atoms with Crippen molar-refractivity contribution in [1.82, 2.24) is 59.0 Å². The quantitative estimate of drug-likeness (QED) is 0.0325. The minimum Gasteiger partial charge on any atom is -0.497 e. The molecular weight excluding hydrogens is 1480 g/mol. The molecule has 0 amide bonds. The summed E-state index contributed by atoms with van der Waals surface area (Å²) in [6.45, 7) is -0.00597. The number of sulfonamides is 2. The molecule has 26 nitrogen and oxygen atoms in total. The number of tetrazole rings is 2. The molecule has 6 N–H and O–H groups in total. The van der Waals surface area contributed by atoms with Crippen LogP contribution < -0.4 is 39.9 Å². The molecule has 4 aromatic heterocycles. The third kappa shape index (κ3) is 16.9. The fraction of sp³-hybridized carbons (Fsp3) is 0.200. The number of nitrogens with two attached hydrogens (primary N) is 2. The van der Waals surface area contributed by atoms with Crippen molar-refractivity contribution < 1.29 is 55.5 Å². The second kappa shape index (κ2) is 34.2. The van der Waals surface area contributed by atoms with Crippen LogP contribution in [-0.4, -0.2) is 142 Å². The Bertz CT molecular complexity index is 5650. The number of nitrogen functional groups attached to an aromatic ring is 2. The lowest BCUT2D eigenvalue weighted by Gasteiger charge is -2.27. The standard InChI is InChI=1S/2C40H39N7O6S2/c1-51-30-14-7-26(8-15-30)23-46(24-27-9-16-31(52-2)17-10-27)55(49,50)38-29(21-22-48)13-20-33(34-5-4-6-35-37(34)42-40(41)54-35)36(38)39-43-44-45-47(39)25-28-11-18-32(53-3)19-12-28;1-51-30-14-7-26(8-15-30)23-46(24-27-9-16-31(52-2)17-10-27)55(49,50)38-29(21-22-48)13-20-33(34-5-4-6-35-37(34)42-40(41)54-35)36(38)39-43-45-47(44-39)25-28-11-18-32(53-3)19-12-28/h2*4-20,48H,21-25H2,1-3H3,(H2,41,42). The summed E-state index contributed by atoms with van der Waals surface area (Å²) in [7, 11) is 0.678. The van der Waals surface area contributed by atoms with Crippen LogP contribution in [0.4, 0.5) is 10.3 Å². The summed E-state index contributed by atoms with van der Waals surface area (Å²) in [5, 5.41) is 47.9. The number of hydrogen-bond donors (Lipinski definition) is 4. The van der Waals surface area contributed by atoms with Gasteiger partial charge in [0.1, 0.15) is 34.5 Å². The molecule has 0 fully saturated rings. The van der Waals surface area contributed by atoms with E-state index in [9.17, 15) is 10.2 Å². The van der Waals surface area contributed by atoms with Crippen LogP contribution in [0, 0.1) is 0 Å². The normalized spacial score (nSPS) is 11.7. The maximum absolute atomic E-state index is 15.7. The van der Waals surface area contributed by atoms with Gasteiger partial charge in [-0.05, 0) is 169 Å². The lowest BCUT2D eigenvalue weighted by atomic mass is 9.95. The Morgan fingerprint density at radius 3 is 1.14 bits per heavy atom. The van der Waals surface area contributed by atoms with Crippen LogP contribution in [-0.2, 0) is 72.2 Å². The Morgan fingerprint density at radius 1 is 0.409 bits per heavy atom. The van der Waals surface area contributed by atoms with Gasteiger partial charge in [-0.3, -0.25) is 0 Å². The van der Waals surface area contributed by atoms with E-state index >= 15 is 16.8 Å². The Hall–Kier alpha value is -11.7. The van der Waals surface area contributed by atoms with Crippen LogP contribution in [0.5, 0.6) is 34.5 Å². The fourth-order valence-corrected chi connectivity index (χ4v) is 18.1. The van der Waals surface area contributed by atoms with Crippen LogP contribution in [0.25, 0.3) is 65.5 Å². The lowest BCUT2D eigenvalue weighted by Crippen LogP contribution is -2.32. The smallest absolute Gasteiger partial charge is 0.244 e. The predicted octanol–water partition coefficient (Wildman–Crippen LogP) is 12.4. The molecule has 0 unspecified atom stereocenters. The van der Waals surface area contributed by atoms with Crippen LogP contribution in [0.1, 0.15) is 44.5 Å². The molecule has 0 bridgehead atoms. The summed E-state index contributed by atoms with van der Waals surface area (Å²) in [5.41, 5.74) is 22.0. The molecule has 10 aromatic carbocycles. The predicted molar refractivity (Wildman–Crippen MR) is 423 cm³/mol. The zero-order valence-electron chi connectivity index (χ0n) is 60.8. The second-order valence-corrected chi connectivity index (χ2v) is 31.1. The van der Waals surface area contributed by atoms with Gasteiger partial charge < -0.3 is 50.1 Å². The van der Waals surface area contributed by atoms with E-state index in [1.165, 1.54) is 36.1 Å². The van der Waals surface area contributed by atoms with Gasteiger partial charge in [0.15, 0.2) is 16.1 Å². The topological polar surface area (TPSA) is 336 Å². The molecule has 564 valence electrons. The van der Waals surface area contributed by atoms with E-state index < -0.39 is 20.0 Å². The van der Waals surface area contributed by atoms with Crippen molar-refractivity contribution in [1.29, 1.82) is 0 Å². The van der Waals surface area contributed by atoms with E-state index in [1.807, 2.05) is 146 Å². The Morgan fingerprint density at radius 2 is 0.764 bits per heavy atom. The zero-order valence-corrected chi connectivity index (χ0v) is 64.1. The van der Waals surface area contributed by atoms with Crippen molar-refractivity contribution in [2.75, 3.05) is 67.3 Å². The summed E-state index contributed by atoms with van der Waals surface area (Å²) in [6.07, 6.45) is 0.100. The molecule has 110 heavy (non-hydrogen) atoms. The molecule has 0 aliphatic heterocycles. The molecule has 0 spiro atoms. The average molecular weight is 1560 g/mol. The number of anilines is 2. The van der Waals surface area contributed by atoms with Gasteiger partial charge in [0, 0.05) is 56.1 Å². The third-order valence-corrected chi connectivity index (χ3v) is 23.9. The number of methoxy groups -OCH3 is 6. The number of aromatic nitrogens is 10. The first-order valence-corrected chi connectivity index (χ1v) is 39.1. The van der Waals surface area contributed by atoms with E-state index in [0.29, 0.717) is 89.2 Å². The summed E-state index contributed by atoms with van der Waals surface area (Å²) in [5.74, 6) is 4.31. The van der Waals surface area contributed by atoms with Crippen molar-refractivity contribution in [2.45, 2.75) is 61.9 Å². The van der Waals surface area contributed by atoms with Gasteiger partial charge in [-0.25, -0.2) is 31.5 Å². The molecule has 4 heterocycles. The minimum absolute atomic E-state index is 0.0212. The van der Waals surface area contributed by atoms with Crippen molar-refractivity contribution in [3.05, 3.63) is 251 Å². The molecule has 0 aliphatic carbocycles. The van der Waals surface area contributed by atoms with Gasteiger partial charge in [-0.2, -0.15) is 13.4 Å². The van der Waals surface area contributed by atoms with E-state index in [0.717, 1.165) is 42.8 Å². The average Bonchev–Trinajstić information content (AvgIpc) is 1.28. The highest BCUT2D eigenvalue weighted by Crippen LogP contribution is 2.46. The summed E-state index contributed by atoms with van der Waals surface area (Å²) in [4.78, 5) is 10.6. The van der Waals surface area contributed by atoms with Crippen molar-refractivity contribution in [3.8, 4) is 79.5 Å². The number of benzene rings is 10. The molecule has 0 saturated carbocycles. The van der Waals surface area contributed by atoms with Gasteiger partial charge in [0.2, 0.25) is 25.9 Å². The number of thiazole rings is 2. The van der Waals surface area contributed by atoms with Gasteiger partial charge in [-0.15, -0.1) is 15.3 Å². The number of aliphatic hydroxyl groups excluding tert-OH is 2. The largest absolute Gasteiger partial charge is 0.497 e. The summed E-state index contributed by atoms with van der Waals surface area (Å²) in [6, 6.07) is 62.5. The first-order valence-electron chi connectivity index (χ1n) is 34.6. The molecular formula is C80H78N14O12S4. The molecule has 0 saturated heterocycles. The number of hydrogen-bond acceptors (Lipinski definition) is 24. The van der Waals surface area contributed by atoms with Gasteiger partial charge in [0.25, 0.3) is 0 Å².